The minimum absolute atomic E-state index is 0.0937. The molecule has 5 rings (SSSR count). The highest BCUT2D eigenvalue weighted by Crippen LogP contribution is 2.50. The first-order valence-electron chi connectivity index (χ1n) is 9.67. The van der Waals surface area contributed by atoms with Crippen LogP contribution in [0.5, 0.6) is 17.2 Å². The Morgan fingerprint density at radius 3 is 2.41 bits per heavy atom. The second-order valence-corrected chi connectivity index (χ2v) is 7.13. The van der Waals surface area contributed by atoms with E-state index in [4.69, 9.17) is 19.3 Å². The molecule has 2 aliphatic rings. The normalized spacial score (nSPS) is 19.7. The van der Waals surface area contributed by atoms with Crippen LogP contribution in [0.3, 0.4) is 0 Å². The van der Waals surface area contributed by atoms with Gasteiger partial charge in [0.15, 0.2) is 11.5 Å². The first-order valence-corrected chi connectivity index (χ1v) is 9.67. The second kappa shape index (κ2) is 7.17. The van der Waals surface area contributed by atoms with Crippen molar-refractivity contribution in [1.29, 1.82) is 0 Å². The van der Waals surface area contributed by atoms with E-state index in [1.54, 1.807) is 14.2 Å². The predicted octanol–water partition coefficient (Wildman–Crippen LogP) is 4.95. The molecule has 2 atom stereocenters. The molecule has 5 nitrogen and oxygen atoms in total. The summed E-state index contributed by atoms with van der Waals surface area (Å²) in [4.78, 5) is 0. The first-order chi connectivity index (χ1) is 14.3. The number of hydrazone groups is 1. The van der Waals surface area contributed by atoms with Gasteiger partial charge in [0, 0.05) is 17.5 Å². The summed E-state index contributed by atoms with van der Waals surface area (Å²) in [6, 6.07) is 24.4. The quantitative estimate of drug-likeness (QED) is 0.637. The van der Waals surface area contributed by atoms with Crippen molar-refractivity contribution in [2.24, 2.45) is 5.10 Å². The van der Waals surface area contributed by atoms with Gasteiger partial charge in [-0.25, -0.2) is 5.01 Å². The maximum atomic E-state index is 6.45. The zero-order valence-corrected chi connectivity index (χ0v) is 16.4. The van der Waals surface area contributed by atoms with Crippen LogP contribution in [-0.4, -0.2) is 24.9 Å². The van der Waals surface area contributed by atoms with Gasteiger partial charge in [-0.05, 0) is 35.9 Å². The lowest BCUT2D eigenvalue weighted by atomic mass is 9.95. The largest absolute Gasteiger partial charge is 0.497 e. The average Bonchev–Trinajstić information content (AvgIpc) is 3.24. The van der Waals surface area contributed by atoms with Gasteiger partial charge >= 0.3 is 0 Å². The third-order valence-electron chi connectivity index (χ3n) is 5.51. The number of nitrogens with zero attached hydrogens (tertiary/aromatic N) is 2. The molecule has 3 aromatic carbocycles. The van der Waals surface area contributed by atoms with E-state index in [0.717, 1.165) is 46.1 Å². The highest BCUT2D eigenvalue weighted by Gasteiger charge is 2.42. The Kier molecular flexibility index (Phi) is 4.35. The van der Waals surface area contributed by atoms with Gasteiger partial charge in [0.05, 0.1) is 26.0 Å². The topological polar surface area (TPSA) is 43.3 Å². The fraction of sp³-hybridized carbons (Fsp3) is 0.208. The molecule has 3 aromatic rings. The van der Waals surface area contributed by atoms with Crippen LogP contribution in [0.4, 0.5) is 0 Å². The van der Waals surface area contributed by atoms with Crippen molar-refractivity contribution < 1.29 is 14.2 Å². The van der Waals surface area contributed by atoms with E-state index in [-0.39, 0.29) is 12.3 Å². The van der Waals surface area contributed by atoms with E-state index in [9.17, 15) is 0 Å². The third-order valence-corrected chi connectivity index (χ3v) is 5.51. The number of methoxy groups -OCH3 is 2. The summed E-state index contributed by atoms with van der Waals surface area (Å²) < 4.78 is 17.3. The molecule has 0 radical (unpaired) electrons. The minimum atomic E-state index is -0.305. The van der Waals surface area contributed by atoms with Crippen LogP contribution in [0.2, 0.25) is 0 Å². The summed E-state index contributed by atoms with van der Waals surface area (Å²) in [6.07, 6.45) is 0.500. The summed E-state index contributed by atoms with van der Waals surface area (Å²) in [5, 5.41) is 7.07. The Morgan fingerprint density at radius 2 is 1.69 bits per heavy atom. The first kappa shape index (κ1) is 17.6. The Labute approximate surface area is 170 Å². The minimum Gasteiger partial charge on any atom is -0.497 e. The van der Waals surface area contributed by atoms with Crippen molar-refractivity contribution in [3.8, 4) is 17.2 Å². The van der Waals surface area contributed by atoms with Crippen LogP contribution in [0, 0.1) is 0 Å². The summed E-state index contributed by atoms with van der Waals surface area (Å²) >= 11 is 0. The summed E-state index contributed by atoms with van der Waals surface area (Å²) in [7, 11) is 3.35. The number of hydrogen-bond donors (Lipinski definition) is 0. The molecule has 29 heavy (non-hydrogen) atoms. The summed E-state index contributed by atoms with van der Waals surface area (Å²) in [6.45, 7) is 0. The van der Waals surface area contributed by atoms with E-state index >= 15 is 0 Å². The van der Waals surface area contributed by atoms with Gasteiger partial charge in [-0.15, -0.1) is 0 Å². The molecule has 146 valence electrons. The number of hydrogen-bond acceptors (Lipinski definition) is 5. The van der Waals surface area contributed by atoms with Crippen LogP contribution < -0.4 is 14.2 Å². The molecule has 0 saturated heterocycles. The van der Waals surface area contributed by atoms with Gasteiger partial charge in [-0.1, -0.05) is 42.5 Å². The van der Waals surface area contributed by atoms with Gasteiger partial charge in [0.2, 0.25) is 6.23 Å². The number of rotatable bonds is 4. The zero-order valence-electron chi connectivity index (χ0n) is 16.4. The lowest BCUT2D eigenvalue weighted by Gasteiger charge is -2.38. The Morgan fingerprint density at radius 1 is 0.897 bits per heavy atom. The van der Waals surface area contributed by atoms with Crippen LogP contribution in [0.15, 0.2) is 77.9 Å². The maximum absolute atomic E-state index is 6.45. The monoisotopic (exact) mass is 386 g/mol. The van der Waals surface area contributed by atoms with Crippen LogP contribution in [0.1, 0.15) is 35.4 Å². The highest BCUT2D eigenvalue weighted by atomic mass is 16.5. The van der Waals surface area contributed by atoms with E-state index < -0.39 is 0 Å². The molecular weight excluding hydrogens is 364 g/mol. The lowest BCUT2D eigenvalue weighted by Crippen LogP contribution is -2.33. The van der Waals surface area contributed by atoms with Gasteiger partial charge < -0.3 is 14.2 Å². The number of fused-ring (bicyclic) bond motifs is 3. The van der Waals surface area contributed by atoms with E-state index in [0.29, 0.717) is 0 Å². The summed E-state index contributed by atoms with van der Waals surface area (Å²) in [5.41, 5.74) is 4.30. The van der Waals surface area contributed by atoms with Crippen molar-refractivity contribution in [2.75, 3.05) is 14.2 Å². The highest BCUT2D eigenvalue weighted by molar-refractivity contribution is 6.02. The van der Waals surface area contributed by atoms with E-state index in [2.05, 4.69) is 35.3 Å². The molecule has 0 spiro atoms. The van der Waals surface area contributed by atoms with Crippen LogP contribution in [0.25, 0.3) is 0 Å². The maximum Gasteiger partial charge on any atom is 0.214 e. The number of benzene rings is 3. The predicted molar refractivity (Wildman–Crippen MR) is 112 cm³/mol. The molecule has 5 heteroatoms. The van der Waals surface area contributed by atoms with Gasteiger partial charge in [-0.3, -0.25) is 0 Å². The average molecular weight is 386 g/mol. The molecule has 0 saturated carbocycles. The summed E-state index contributed by atoms with van der Waals surface area (Å²) in [5.74, 6) is 2.39. The van der Waals surface area contributed by atoms with Gasteiger partial charge in [0.25, 0.3) is 0 Å². The number of ether oxygens (including phenoxy) is 3. The van der Waals surface area contributed by atoms with Gasteiger partial charge in [0.1, 0.15) is 5.75 Å². The molecule has 0 bridgehead atoms. The smallest absolute Gasteiger partial charge is 0.214 e. The SMILES string of the molecule is COc1ccc(C2=NN3[C@@H](C2)c2cccc(OC)c2O[C@H]3c2ccccc2)cc1. The second-order valence-electron chi connectivity index (χ2n) is 7.13. The van der Waals surface area contributed by atoms with Crippen molar-refractivity contribution in [3.05, 3.63) is 89.5 Å². The molecule has 0 unspecified atom stereocenters. The van der Waals surface area contributed by atoms with Crippen molar-refractivity contribution in [1.82, 2.24) is 5.01 Å². The molecule has 2 aliphatic heterocycles. The van der Waals surface area contributed by atoms with E-state index in [1.165, 1.54) is 0 Å². The van der Waals surface area contributed by atoms with Crippen molar-refractivity contribution in [2.45, 2.75) is 18.7 Å². The van der Waals surface area contributed by atoms with Crippen LogP contribution >= 0.6 is 0 Å². The Balaban J connectivity index is 1.59. The molecule has 0 N–H and O–H groups in total. The van der Waals surface area contributed by atoms with Crippen LogP contribution in [-0.2, 0) is 0 Å². The molecular formula is C24H22N2O3. The van der Waals surface area contributed by atoms with E-state index in [1.807, 2.05) is 42.5 Å². The zero-order chi connectivity index (χ0) is 19.8. The Bertz CT molecular complexity index is 1050. The number of para-hydroxylation sites is 1. The Hall–Kier alpha value is -3.47. The standard InChI is InChI=1S/C24H22N2O3/c1-27-18-13-11-16(12-14-18)20-15-21-19-9-6-10-22(28-2)23(19)29-24(26(21)25-20)17-7-4-3-5-8-17/h3-14,21,24H,15H2,1-2H3/t21-,24-/m0/s1. The molecule has 2 heterocycles. The van der Waals surface area contributed by atoms with Gasteiger partial charge in [-0.2, -0.15) is 5.10 Å². The fourth-order valence-electron chi connectivity index (χ4n) is 4.04. The van der Waals surface area contributed by atoms with Crippen molar-refractivity contribution >= 4 is 5.71 Å². The third kappa shape index (κ3) is 2.99. The van der Waals surface area contributed by atoms with Crippen molar-refractivity contribution in [3.63, 3.8) is 0 Å². The lowest BCUT2D eigenvalue weighted by molar-refractivity contribution is -0.0209. The fourth-order valence-corrected chi connectivity index (χ4v) is 4.04. The molecule has 0 amide bonds. The molecule has 0 fully saturated rings. The molecule has 0 aromatic heterocycles. The molecule has 0 aliphatic carbocycles.